The van der Waals surface area contributed by atoms with Gasteiger partial charge in [0.2, 0.25) is 0 Å². The summed E-state index contributed by atoms with van der Waals surface area (Å²) < 4.78 is 7.40. The van der Waals surface area contributed by atoms with Crippen molar-refractivity contribution in [2.45, 2.75) is 19.4 Å². The molecule has 0 bridgehead atoms. The molecule has 188 valence electrons. The Morgan fingerprint density at radius 2 is 1.89 bits per heavy atom. The quantitative estimate of drug-likeness (QED) is 0.369. The van der Waals surface area contributed by atoms with Gasteiger partial charge < -0.3 is 4.74 Å². The molecule has 37 heavy (non-hydrogen) atoms. The number of aromatic nitrogens is 2. The molecule has 4 heterocycles. The molecule has 0 N–H and O–H groups in total. The summed E-state index contributed by atoms with van der Waals surface area (Å²) >= 11 is 1.65. The van der Waals surface area contributed by atoms with Crippen LogP contribution in [0.2, 0.25) is 0 Å². The molecule has 0 aliphatic carbocycles. The number of benzene rings is 2. The number of amides is 1. The molecule has 0 radical (unpaired) electrons. The summed E-state index contributed by atoms with van der Waals surface area (Å²) in [6.45, 7) is 5.23. The largest absolute Gasteiger partial charge is 0.379 e. The number of aryl methyl sites for hydroxylation is 1. The van der Waals surface area contributed by atoms with Crippen molar-refractivity contribution in [3.8, 4) is 16.9 Å². The number of ether oxygens (including phenoxy) is 1. The van der Waals surface area contributed by atoms with E-state index in [1.165, 1.54) is 5.56 Å². The molecule has 7 nitrogen and oxygen atoms in total. The normalized spacial score (nSPS) is 18.2. The lowest BCUT2D eigenvalue weighted by Crippen LogP contribution is -2.43. The summed E-state index contributed by atoms with van der Waals surface area (Å²) in [5.74, 6) is 0.00103. The number of para-hydroxylation sites is 1. The van der Waals surface area contributed by atoms with Crippen molar-refractivity contribution in [2.75, 3.05) is 32.8 Å². The van der Waals surface area contributed by atoms with E-state index in [2.05, 4.69) is 53.7 Å². The van der Waals surface area contributed by atoms with Crippen LogP contribution >= 0.6 is 11.3 Å². The fourth-order valence-corrected chi connectivity index (χ4v) is 5.68. The van der Waals surface area contributed by atoms with Crippen molar-refractivity contribution in [3.05, 3.63) is 94.3 Å². The summed E-state index contributed by atoms with van der Waals surface area (Å²) in [6, 6.07) is 22.3. The predicted molar refractivity (Wildman–Crippen MR) is 146 cm³/mol. The smallest absolute Gasteiger partial charge is 0.257 e. The molecule has 1 atom stereocenters. The molecule has 1 fully saturated rings. The van der Waals surface area contributed by atoms with E-state index in [1.807, 2.05) is 41.1 Å². The molecule has 2 aromatic heterocycles. The molecule has 1 amide bonds. The average molecular weight is 512 g/mol. The SMILES string of the molecule is Cc1cccc(-c2nn(-c3ccccc3)cc2[C@H]2CC(c3cccs3)=NN2C(=O)CN2CCOCC2)c1. The topological polar surface area (TPSA) is 63.0 Å². The molecule has 8 heteroatoms. The van der Waals surface area contributed by atoms with Gasteiger partial charge in [0.1, 0.15) is 0 Å². The molecular formula is C29H29N5O2S. The summed E-state index contributed by atoms with van der Waals surface area (Å²) in [4.78, 5) is 16.9. The van der Waals surface area contributed by atoms with Crippen molar-refractivity contribution in [2.24, 2.45) is 5.10 Å². The van der Waals surface area contributed by atoms with E-state index in [1.54, 1.807) is 16.3 Å². The number of morpholine rings is 1. The third-order valence-electron chi connectivity index (χ3n) is 6.85. The monoisotopic (exact) mass is 511 g/mol. The van der Waals surface area contributed by atoms with Gasteiger partial charge in [0.15, 0.2) is 0 Å². The number of nitrogens with zero attached hydrogens (tertiary/aromatic N) is 5. The average Bonchev–Trinajstić information content (AvgIpc) is 3.69. The third kappa shape index (κ3) is 5.00. The van der Waals surface area contributed by atoms with Crippen LogP contribution in [-0.2, 0) is 9.53 Å². The second-order valence-corrected chi connectivity index (χ2v) is 10.4. The number of hydrazone groups is 1. The molecule has 2 aliphatic heterocycles. The zero-order chi connectivity index (χ0) is 25.2. The standard InChI is InChI=1S/C29H29N5O2S/c1-21-7-5-8-22(17-21)29-24(19-33(31-29)23-9-3-2-4-10-23)26-18-25(27-11-6-16-37-27)30-34(26)28(35)20-32-12-14-36-15-13-32/h2-11,16-17,19,26H,12-15,18,20H2,1H3/t26-/m1/s1. The van der Waals surface area contributed by atoms with Crippen LogP contribution in [-0.4, -0.2) is 64.2 Å². The van der Waals surface area contributed by atoms with Crippen LogP contribution in [0.4, 0.5) is 0 Å². The molecular weight excluding hydrogens is 482 g/mol. The molecule has 0 unspecified atom stereocenters. The van der Waals surface area contributed by atoms with Crippen molar-refractivity contribution in [1.82, 2.24) is 19.7 Å². The van der Waals surface area contributed by atoms with Gasteiger partial charge in [-0.25, -0.2) is 9.69 Å². The van der Waals surface area contributed by atoms with Crippen LogP contribution < -0.4 is 0 Å². The maximum atomic E-state index is 13.7. The van der Waals surface area contributed by atoms with E-state index < -0.39 is 0 Å². The summed E-state index contributed by atoms with van der Waals surface area (Å²) in [7, 11) is 0. The van der Waals surface area contributed by atoms with Gasteiger partial charge in [0.05, 0.1) is 47.8 Å². The van der Waals surface area contributed by atoms with Crippen LogP contribution in [0.3, 0.4) is 0 Å². The minimum absolute atomic E-state index is 0.00103. The fourth-order valence-electron chi connectivity index (χ4n) is 4.96. The van der Waals surface area contributed by atoms with Crippen molar-refractivity contribution in [3.63, 3.8) is 0 Å². The van der Waals surface area contributed by atoms with E-state index in [0.717, 1.165) is 46.2 Å². The predicted octanol–water partition coefficient (Wildman–Crippen LogP) is 4.92. The number of hydrogen-bond acceptors (Lipinski definition) is 6. The maximum Gasteiger partial charge on any atom is 0.257 e. The highest BCUT2D eigenvalue weighted by Gasteiger charge is 2.37. The van der Waals surface area contributed by atoms with Gasteiger partial charge in [-0.2, -0.15) is 10.2 Å². The van der Waals surface area contributed by atoms with Gasteiger partial charge in [-0.05, 0) is 36.6 Å². The lowest BCUT2D eigenvalue weighted by atomic mass is 9.97. The zero-order valence-corrected chi connectivity index (χ0v) is 21.6. The van der Waals surface area contributed by atoms with E-state index in [4.69, 9.17) is 14.9 Å². The Morgan fingerprint density at radius 1 is 1.05 bits per heavy atom. The highest BCUT2D eigenvalue weighted by atomic mass is 32.1. The minimum Gasteiger partial charge on any atom is -0.379 e. The first-order chi connectivity index (χ1) is 18.2. The van der Waals surface area contributed by atoms with Crippen LogP contribution in [0.1, 0.15) is 28.5 Å². The first kappa shape index (κ1) is 23.8. The van der Waals surface area contributed by atoms with Crippen LogP contribution in [0.15, 0.2) is 83.4 Å². The molecule has 1 saturated heterocycles. The van der Waals surface area contributed by atoms with E-state index in [0.29, 0.717) is 26.2 Å². The lowest BCUT2D eigenvalue weighted by molar-refractivity contribution is -0.135. The summed E-state index contributed by atoms with van der Waals surface area (Å²) in [5, 5.41) is 13.7. The Labute approximate surface area is 220 Å². The van der Waals surface area contributed by atoms with Gasteiger partial charge in [0, 0.05) is 36.8 Å². The number of rotatable bonds is 6. The van der Waals surface area contributed by atoms with E-state index in [-0.39, 0.29) is 11.9 Å². The van der Waals surface area contributed by atoms with Crippen molar-refractivity contribution >= 4 is 23.0 Å². The number of hydrogen-bond donors (Lipinski definition) is 0. The highest BCUT2D eigenvalue weighted by Crippen LogP contribution is 2.39. The van der Waals surface area contributed by atoms with Crippen LogP contribution in [0.25, 0.3) is 16.9 Å². The first-order valence-electron chi connectivity index (χ1n) is 12.6. The second kappa shape index (κ2) is 10.4. The van der Waals surface area contributed by atoms with Crippen LogP contribution in [0.5, 0.6) is 0 Å². The summed E-state index contributed by atoms with van der Waals surface area (Å²) in [5.41, 5.74) is 6.00. The fraction of sp³-hybridized carbons (Fsp3) is 0.276. The van der Waals surface area contributed by atoms with E-state index in [9.17, 15) is 4.79 Å². The van der Waals surface area contributed by atoms with Crippen molar-refractivity contribution in [1.29, 1.82) is 0 Å². The highest BCUT2D eigenvalue weighted by molar-refractivity contribution is 7.12. The van der Waals surface area contributed by atoms with Crippen molar-refractivity contribution < 1.29 is 9.53 Å². The molecule has 2 aromatic carbocycles. The number of thiophene rings is 1. The molecule has 4 aromatic rings. The Bertz CT molecular complexity index is 1410. The Hall–Kier alpha value is -3.59. The Morgan fingerprint density at radius 3 is 2.65 bits per heavy atom. The lowest BCUT2D eigenvalue weighted by Gasteiger charge is -2.29. The first-order valence-corrected chi connectivity index (χ1v) is 13.5. The molecule has 0 spiro atoms. The Balaban J connectivity index is 1.42. The third-order valence-corrected chi connectivity index (χ3v) is 7.77. The van der Waals surface area contributed by atoms with Gasteiger partial charge in [0.25, 0.3) is 5.91 Å². The Kier molecular flexibility index (Phi) is 6.70. The molecule has 6 rings (SSSR count). The molecule has 2 aliphatic rings. The van der Waals surface area contributed by atoms with Crippen LogP contribution in [0, 0.1) is 6.92 Å². The number of carbonyl (C=O) groups is 1. The van der Waals surface area contributed by atoms with Gasteiger partial charge in [-0.1, -0.05) is 48.0 Å². The van der Waals surface area contributed by atoms with E-state index >= 15 is 0 Å². The zero-order valence-electron chi connectivity index (χ0n) is 20.8. The summed E-state index contributed by atoms with van der Waals surface area (Å²) in [6.07, 6.45) is 2.72. The minimum atomic E-state index is -0.237. The molecule has 0 saturated carbocycles. The van der Waals surface area contributed by atoms with Gasteiger partial charge in [-0.3, -0.25) is 9.69 Å². The van der Waals surface area contributed by atoms with Gasteiger partial charge in [-0.15, -0.1) is 11.3 Å². The second-order valence-electron chi connectivity index (χ2n) is 9.45. The number of carbonyl (C=O) groups excluding carboxylic acids is 1. The maximum absolute atomic E-state index is 13.7. The van der Waals surface area contributed by atoms with Gasteiger partial charge >= 0.3 is 0 Å².